The molecule has 0 saturated heterocycles. The topological polar surface area (TPSA) is 64.7 Å². The highest BCUT2D eigenvalue weighted by atomic mass is 16.7. The molecule has 0 unspecified atom stereocenters. The van der Waals surface area contributed by atoms with Gasteiger partial charge in [-0.2, -0.15) is 0 Å². The maximum Gasteiger partial charge on any atom is 0.231 e. The van der Waals surface area contributed by atoms with Crippen LogP contribution in [0.5, 0.6) is 17.2 Å². The van der Waals surface area contributed by atoms with Gasteiger partial charge in [-0.3, -0.25) is 0 Å². The first-order valence-electron chi connectivity index (χ1n) is 6.58. The second kappa shape index (κ2) is 4.35. The average molecular weight is 249 g/mol. The van der Waals surface area contributed by atoms with Crippen LogP contribution >= 0.6 is 0 Å². The Bertz CT molecular complexity index is 453. The molecule has 0 radical (unpaired) electrons. The van der Waals surface area contributed by atoms with Crippen molar-refractivity contribution in [2.75, 3.05) is 13.3 Å². The molecule has 2 aliphatic rings. The minimum absolute atomic E-state index is 0.00326. The molecule has 1 fully saturated rings. The third-order valence-electron chi connectivity index (χ3n) is 4.27. The highest BCUT2D eigenvalue weighted by Crippen LogP contribution is 2.47. The molecule has 4 heteroatoms. The minimum atomic E-state index is -0.00326. The first kappa shape index (κ1) is 11.7. The van der Waals surface area contributed by atoms with Gasteiger partial charge >= 0.3 is 0 Å². The van der Waals surface area contributed by atoms with E-state index in [0.29, 0.717) is 18.0 Å². The van der Waals surface area contributed by atoms with Gasteiger partial charge < -0.3 is 20.3 Å². The molecule has 1 aliphatic heterocycles. The fourth-order valence-electron chi connectivity index (χ4n) is 3.14. The average Bonchev–Trinajstić information content (AvgIpc) is 2.88. The van der Waals surface area contributed by atoms with Crippen LogP contribution in [0.15, 0.2) is 12.1 Å². The van der Waals surface area contributed by atoms with E-state index in [1.807, 2.05) is 6.07 Å². The van der Waals surface area contributed by atoms with Crippen LogP contribution in [0.2, 0.25) is 0 Å². The Labute approximate surface area is 107 Å². The molecule has 1 aromatic carbocycles. The molecule has 0 aromatic heterocycles. The smallest absolute Gasteiger partial charge is 0.231 e. The first-order chi connectivity index (χ1) is 8.75. The van der Waals surface area contributed by atoms with Gasteiger partial charge in [-0.15, -0.1) is 0 Å². The standard InChI is InChI=1S/C14H19NO3/c15-8-14(4-2-1-3-5-14)10-6-11(16)13-12(7-10)17-9-18-13/h6-7,16H,1-5,8-9,15H2. The van der Waals surface area contributed by atoms with Crippen LogP contribution in [-0.4, -0.2) is 18.4 Å². The van der Waals surface area contributed by atoms with E-state index in [2.05, 4.69) is 0 Å². The lowest BCUT2D eigenvalue weighted by molar-refractivity contribution is 0.171. The highest BCUT2D eigenvalue weighted by Gasteiger charge is 2.34. The summed E-state index contributed by atoms with van der Waals surface area (Å²) < 4.78 is 10.6. The molecule has 0 bridgehead atoms. The number of phenolic OH excluding ortho intramolecular Hbond substituents is 1. The Hall–Kier alpha value is -1.42. The molecule has 1 heterocycles. The van der Waals surface area contributed by atoms with E-state index in [-0.39, 0.29) is 18.0 Å². The van der Waals surface area contributed by atoms with E-state index in [9.17, 15) is 5.11 Å². The van der Waals surface area contributed by atoms with E-state index in [4.69, 9.17) is 15.2 Å². The van der Waals surface area contributed by atoms with Crippen molar-refractivity contribution >= 4 is 0 Å². The van der Waals surface area contributed by atoms with Gasteiger partial charge in [0, 0.05) is 12.0 Å². The Morgan fingerprint density at radius 1 is 1.17 bits per heavy atom. The largest absolute Gasteiger partial charge is 0.504 e. The van der Waals surface area contributed by atoms with Gasteiger partial charge in [-0.25, -0.2) is 0 Å². The predicted octanol–water partition coefficient (Wildman–Crippen LogP) is 2.28. The van der Waals surface area contributed by atoms with E-state index in [1.54, 1.807) is 6.07 Å². The zero-order valence-electron chi connectivity index (χ0n) is 10.4. The molecule has 0 amide bonds. The van der Waals surface area contributed by atoms with Crippen LogP contribution in [-0.2, 0) is 5.41 Å². The summed E-state index contributed by atoms with van der Waals surface area (Å²) in [7, 11) is 0. The van der Waals surface area contributed by atoms with Crippen molar-refractivity contribution in [1.82, 2.24) is 0 Å². The molecular formula is C14H19NO3. The lowest BCUT2D eigenvalue weighted by atomic mass is 9.69. The van der Waals surface area contributed by atoms with Crippen molar-refractivity contribution in [1.29, 1.82) is 0 Å². The third kappa shape index (κ3) is 1.72. The van der Waals surface area contributed by atoms with Crippen LogP contribution in [0.3, 0.4) is 0 Å². The molecule has 1 aromatic rings. The Morgan fingerprint density at radius 3 is 2.67 bits per heavy atom. The normalized spacial score (nSPS) is 20.9. The van der Waals surface area contributed by atoms with Gasteiger partial charge in [0.2, 0.25) is 12.5 Å². The van der Waals surface area contributed by atoms with Crippen molar-refractivity contribution in [2.24, 2.45) is 5.73 Å². The number of phenols is 1. The van der Waals surface area contributed by atoms with Crippen molar-refractivity contribution < 1.29 is 14.6 Å². The van der Waals surface area contributed by atoms with E-state index in [0.717, 1.165) is 18.4 Å². The van der Waals surface area contributed by atoms with Crippen LogP contribution in [0.4, 0.5) is 0 Å². The van der Waals surface area contributed by atoms with Gasteiger partial charge in [-0.05, 0) is 30.5 Å². The number of ether oxygens (including phenoxy) is 2. The summed E-state index contributed by atoms with van der Waals surface area (Å²) in [4.78, 5) is 0. The van der Waals surface area contributed by atoms with Gasteiger partial charge in [0.05, 0.1) is 0 Å². The van der Waals surface area contributed by atoms with E-state index in [1.165, 1.54) is 19.3 Å². The van der Waals surface area contributed by atoms with Crippen molar-refractivity contribution in [3.05, 3.63) is 17.7 Å². The molecule has 1 aliphatic carbocycles. The number of rotatable bonds is 2. The molecule has 0 atom stereocenters. The molecule has 3 N–H and O–H groups in total. The summed E-state index contributed by atoms with van der Waals surface area (Å²) >= 11 is 0. The van der Waals surface area contributed by atoms with Gasteiger partial charge in [-0.1, -0.05) is 19.3 Å². The summed E-state index contributed by atoms with van der Waals surface area (Å²) in [5.41, 5.74) is 7.10. The molecular weight excluding hydrogens is 230 g/mol. The lowest BCUT2D eigenvalue weighted by Crippen LogP contribution is -2.37. The Balaban J connectivity index is 2.02. The third-order valence-corrected chi connectivity index (χ3v) is 4.27. The van der Waals surface area contributed by atoms with Crippen LogP contribution in [0.1, 0.15) is 37.7 Å². The second-order valence-electron chi connectivity index (χ2n) is 5.27. The van der Waals surface area contributed by atoms with Crippen molar-refractivity contribution in [2.45, 2.75) is 37.5 Å². The van der Waals surface area contributed by atoms with E-state index >= 15 is 0 Å². The van der Waals surface area contributed by atoms with Gasteiger partial charge in [0.1, 0.15) is 0 Å². The van der Waals surface area contributed by atoms with Crippen molar-refractivity contribution in [3.8, 4) is 17.2 Å². The fourth-order valence-corrected chi connectivity index (χ4v) is 3.14. The summed E-state index contributed by atoms with van der Waals surface area (Å²) in [5.74, 6) is 1.27. The summed E-state index contributed by atoms with van der Waals surface area (Å²) in [6.07, 6.45) is 5.85. The monoisotopic (exact) mass is 249 g/mol. The summed E-state index contributed by atoms with van der Waals surface area (Å²) in [6.45, 7) is 0.800. The fraction of sp³-hybridized carbons (Fsp3) is 0.571. The summed E-state index contributed by atoms with van der Waals surface area (Å²) in [5, 5.41) is 10.0. The van der Waals surface area contributed by atoms with Gasteiger partial charge in [0.25, 0.3) is 0 Å². The number of benzene rings is 1. The molecule has 3 rings (SSSR count). The quantitative estimate of drug-likeness (QED) is 0.844. The zero-order chi connectivity index (χ0) is 12.6. The first-order valence-corrected chi connectivity index (χ1v) is 6.58. The minimum Gasteiger partial charge on any atom is -0.504 e. The predicted molar refractivity (Wildman–Crippen MR) is 68.0 cm³/mol. The lowest BCUT2D eigenvalue weighted by Gasteiger charge is -2.37. The number of nitrogens with two attached hydrogens (primary N) is 1. The number of hydrogen-bond donors (Lipinski definition) is 2. The molecule has 0 spiro atoms. The summed E-state index contributed by atoms with van der Waals surface area (Å²) in [6, 6.07) is 3.78. The van der Waals surface area contributed by atoms with Crippen LogP contribution in [0.25, 0.3) is 0 Å². The molecule has 4 nitrogen and oxygen atoms in total. The number of fused-ring (bicyclic) bond motifs is 1. The molecule has 98 valence electrons. The molecule has 18 heavy (non-hydrogen) atoms. The zero-order valence-corrected chi connectivity index (χ0v) is 10.4. The van der Waals surface area contributed by atoms with Crippen molar-refractivity contribution in [3.63, 3.8) is 0 Å². The maximum absolute atomic E-state index is 10.0. The van der Waals surface area contributed by atoms with Gasteiger partial charge in [0.15, 0.2) is 11.5 Å². The van der Waals surface area contributed by atoms with Crippen LogP contribution < -0.4 is 15.2 Å². The number of hydrogen-bond acceptors (Lipinski definition) is 4. The molecule has 1 saturated carbocycles. The second-order valence-corrected chi connectivity index (χ2v) is 5.27. The SMILES string of the molecule is NCC1(c2cc(O)c3c(c2)OCO3)CCCCC1. The highest BCUT2D eigenvalue weighted by molar-refractivity contribution is 5.55. The Kier molecular flexibility index (Phi) is 2.82. The Morgan fingerprint density at radius 2 is 1.94 bits per heavy atom. The maximum atomic E-state index is 10.0. The van der Waals surface area contributed by atoms with Crippen LogP contribution in [0, 0.1) is 0 Å². The van der Waals surface area contributed by atoms with E-state index < -0.39 is 0 Å². The number of aromatic hydroxyl groups is 1.